The summed E-state index contributed by atoms with van der Waals surface area (Å²) in [6.07, 6.45) is 0. The number of hydrogen-bond acceptors (Lipinski definition) is 2. The van der Waals surface area contributed by atoms with Crippen molar-refractivity contribution >= 4 is 55.0 Å². The van der Waals surface area contributed by atoms with E-state index in [1.54, 1.807) is 0 Å². The van der Waals surface area contributed by atoms with Crippen LogP contribution in [0.1, 0.15) is 22.3 Å². The largest absolute Gasteiger partial charge is 0.399 e. The van der Waals surface area contributed by atoms with Crippen molar-refractivity contribution in [2.24, 2.45) is 0 Å². The topological polar surface area (TPSA) is 61.9 Å². The zero-order valence-corrected chi connectivity index (χ0v) is 28.7. The van der Waals surface area contributed by atoms with Crippen LogP contribution in [0, 0.1) is 0 Å². The highest BCUT2D eigenvalue weighted by Gasteiger charge is 2.52. The molecule has 2 aliphatic carbocycles. The molecule has 4 heteroatoms. The molecule has 12 rings (SSSR count). The number of nitrogens with two attached hydrogens (primary N) is 2. The van der Waals surface area contributed by atoms with Crippen molar-refractivity contribution in [3.63, 3.8) is 0 Å². The number of rotatable bonds is 2. The highest BCUT2D eigenvalue weighted by molar-refractivity contribution is 6.10. The minimum Gasteiger partial charge on any atom is -0.399 e. The lowest BCUT2D eigenvalue weighted by Crippen LogP contribution is -2.26. The van der Waals surface area contributed by atoms with Gasteiger partial charge in [0.05, 0.1) is 27.5 Å². The highest BCUT2D eigenvalue weighted by atomic mass is 15.0. The number of aromatic nitrogens is 2. The Bertz CT molecular complexity index is 2890. The van der Waals surface area contributed by atoms with E-state index in [1.807, 2.05) is 12.1 Å². The van der Waals surface area contributed by atoms with Crippen LogP contribution in [-0.2, 0) is 5.41 Å². The molecule has 248 valence electrons. The molecule has 0 radical (unpaired) electrons. The number of fused-ring (bicyclic) bond motifs is 16. The van der Waals surface area contributed by atoms with Gasteiger partial charge in [0.25, 0.3) is 0 Å². The van der Waals surface area contributed by atoms with Gasteiger partial charge >= 0.3 is 0 Å². The van der Waals surface area contributed by atoms with E-state index in [0.29, 0.717) is 0 Å². The first-order valence-electron chi connectivity index (χ1n) is 18.2. The molecule has 10 aromatic rings. The standard InChI is InChI=1S/C49H32N4/c50-29-17-21-33-34-22-18-30(51)26-42(34)49(41(33)25-29)43-27-31(52-45-13-5-1-9-37(45)38-10-2-6-14-46(38)52)19-23-35(43)36-24-20-32(28-44(36)49)53-47-15-7-3-11-39(47)40-12-4-8-16-48(40)53/h1-28H,50-51H2. The highest BCUT2D eigenvalue weighted by Crippen LogP contribution is 2.64. The van der Waals surface area contributed by atoms with E-state index in [1.165, 1.54) is 88.1 Å². The van der Waals surface area contributed by atoms with E-state index in [2.05, 4.69) is 167 Å². The van der Waals surface area contributed by atoms with E-state index < -0.39 is 5.41 Å². The summed E-state index contributed by atoms with van der Waals surface area (Å²) >= 11 is 0. The quantitative estimate of drug-likeness (QED) is 0.179. The summed E-state index contributed by atoms with van der Waals surface area (Å²) in [5.41, 5.74) is 31.0. The van der Waals surface area contributed by atoms with Crippen LogP contribution >= 0.6 is 0 Å². The molecular formula is C49H32N4. The fourth-order valence-corrected chi connectivity index (χ4v) is 9.92. The number of benzene rings is 8. The van der Waals surface area contributed by atoms with Crippen molar-refractivity contribution in [3.8, 4) is 33.6 Å². The number of nitrogen functional groups attached to an aromatic ring is 2. The van der Waals surface area contributed by atoms with Crippen LogP contribution in [0.4, 0.5) is 11.4 Å². The zero-order valence-electron chi connectivity index (χ0n) is 28.7. The molecule has 0 amide bonds. The van der Waals surface area contributed by atoms with Gasteiger partial charge in [0.1, 0.15) is 0 Å². The second-order valence-electron chi connectivity index (χ2n) is 14.6. The summed E-state index contributed by atoms with van der Waals surface area (Å²) < 4.78 is 4.83. The van der Waals surface area contributed by atoms with Crippen molar-refractivity contribution in [2.75, 3.05) is 11.5 Å². The van der Waals surface area contributed by atoms with E-state index in [9.17, 15) is 0 Å². The predicted octanol–water partition coefficient (Wildman–Crippen LogP) is 11.4. The number of nitrogens with zero attached hydrogens (tertiary/aromatic N) is 2. The lowest BCUT2D eigenvalue weighted by atomic mass is 9.70. The fourth-order valence-electron chi connectivity index (χ4n) is 9.92. The Morgan fingerprint density at radius 3 is 0.981 bits per heavy atom. The third kappa shape index (κ3) is 3.55. The molecule has 4 nitrogen and oxygen atoms in total. The Morgan fingerprint density at radius 1 is 0.321 bits per heavy atom. The molecule has 0 atom stereocenters. The van der Waals surface area contributed by atoms with Crippen molar-refractivity contribution in [1.29, 1.82) is 0 Å². The normalized spacial score (nSPS) is 13.6. The molecule has 1 spiro atoms. The first-order valence-corrected chi connectivity index (χ1v) is 18.2. The van der Waals surface area contributed by atoms with E-state index in [-0.39, 0.29) is 0 Å². The molecule has 8 aromatic carbocycles. The van der Waals surface area contributed by atoms with E-state index >= 15 is 0 Å². The summed E-state index contributed by atoms with van der Waals surface area (Å²) in [7, 11) is 0. The summed E-state index contributed by atoms with van der Waals surface area (Å²) in [5, 5.41) is 4.98. The third-order valence-electron chi connectivity index (χ3n) is 12.0. The fraction of sp³-hybridized carbons (Fsp3) is 0.0204. The summed E-state index contributed by atoms with van der Waals surface area (Å²) in [6, 6.07) is 61.8. The maximum atomic E-state index is 6.72. The molecule has 0 bridgehead atoms. The zero-order chi connectivity index (χ0) is 35.0. The van der Waals surface area contributed by atoms with Crippen LogP contribution < -0.4 is 11.5 Å². The third-order valence-corrected chi connectivity index (χ3v) is 12.0. The second kappa shape index (κ2) is 10.1. The molecule has 0 saturated heterocycles. The van der Waals surface area contributed by atoms with E-state index in [4.69, 9.17) is 11.5 Å². The van der Waals surface area contributed by atoms with Gasteiger partial charge in [-0.15, -0.1) is 0 Å². The van der Waals surface area contributed by atoms with Crippen LogP contribution in [0.2, 0.25) is 0 Å². The van der Waals surface area contributed by atoms with E-state index in [0.717, 1.165) is 22.7 Å². The minimum atomic E-state index is -0.649. The van der Waals surface area contributed by atoms with Gasteiger partial charge in [0.15, 0.2) is 0 Å². The lowest BCUT2D eigenvalue weighted by Gasteiger charge is -2.31. The van der Waals surface area contributed by atoms with Gasteiger partial charge in [-0.25, -0.2) is 0 Å². The molecular weight excluding hydrogens is 645 g/mol. The van der Waals surface area contributed by atoms with Gasteiger partial charge in [-0.05, 0) is 117 Å². The Balaban J connectivity index is 1.21. The van der Waals surface area contributed by atoms with Gasteiger partial charge in [0, 0.05) is 44.3 Å². The number of para-hydroxylation sites is 4. The Morgan fingerprint density at radius 2 is 0.623 bits per heavy atom. The average molecular weight is 677 g/mol. The molecule has 2 heterocycles. The monoisotopic (exact) mass is 676 g/mol. The molecule has 2 aliphatic rings. The Hall–Kier alpha value is -7.04. The van der Waals surface area contributed by atoms with Gasteiger partial charge in [-0.2, -0.15) is 0 Å². The SMILES string of the molecule is Nc1ccc2c(c1)C1(c3cc(N)ccc3-2)c2cc(-n3c4ccccc4c4ccccc43)ccc2-c2ccc(-n3c4ccccc4c4ccccc43)cc21. The molecule has 0 aliphatic heterocycles. The summed E-state index contributed by atoms with van der Waals surface area (Å²) in [4.78, 5) is 0. The molecule has 0 unspecified atom stereocenters. The Kier molecular flexibility index (Phi) is 5.43. The summed E-state index contributed by atoms with van der Waals surface area (Å²) in [5.74, 6) is 0. The molecule has 2 aromatic heterocycles. The van der Waals surface area contributed by atoms with Crippen molar-refractivity contribution in [3.05, 3.63) is 192 Å². The van der Waals surface area contributed by atoms with Crippen LogP contribution in [0.5, 0.6) is 0 Å². The maximum Gasteiger partial charge on any atom is 0.0728 e. The Labute approximate surface area is 305 Å². The van der Waals surface area contributed by atoms with Gasteiger partial charge in [-0.1, -0.05) is 97.1 Å². The van der Waals surface area contributed by atoms with Crippen LogP contribution in [-0.4, -0.2) is 9.13 Å². The molecule has 0 fully saturated rings. The smallest absolute Gasteiger partial charge is 0.0728 e. The molecule has 4 N–H and O–H groups in total. The first-order chi connectivity index (χ1) is 26.1. The first kappa shape index (κ1) is 28.6. The van der Waals surface area contributed by atoms with Crippen LogP contribution in [0.15, 0.2) is 170 Å². The van der Waals surface area contributed by atoms with Crippen molar-refractivity contribution in [1.82, 2.24) is 9.13 Å². The van der Waals surface area contributed by atoms with Gasteiger partial charge in [0.2, 0.25) is 0 Å². The predicted molar refractivity (Wildman–Crippen MR) is 220 cm³/mol. The minimum absolute atomic E-state index is 0.649. The van der Waals surface area contributed by atoms with Crippen molar-refractivity contribution < 1.29 is 0 Å². The van der Waals surface area contributed by atoms with Crippen molar-refractivity contribution in [2.45, 2.75) is 5.41 Å². The van der Waals surface area contributed by atoms with Crippen LogP contribution in [0.25, 0.3) is 77.2 Å². The van der Waals surface area contributed by atoms with Crippen LogP contribution in [0.3, 0.4) is 0 Å². The molecule has 0 saturated carbocycles. The maximum absolute atomic E-state index is 6.72. The lowest BCUT2D eigenvalue weighted by molar-refractivity contribution is 0.792. The summed E-state index contributed by atoms with van der Waals surface area (Å²) in [6.45, 7) is 0. The molecule has 53 heavy (non-hydrogen) atoms. The number of hydrogen-bond donors (Lipinski definition) is 2. The van der Waals surface area contributed by atoms with Gasteiger partial charge < -0.3 is 20.6 Å². The average Bonchev–Trinajstić information content (AvgIpc) is 3.89. The van der Waals surface area contributed by atoms with Gasteiger partial charge in [-0.3, -0.25) is 0 Å². The number of anilines is 2. The second-order valence-corrected chi connectivity index (χ2v) is 14.6.